The summed E-state index contributed by atoms with van der Waals surface area (Å²) in [5.41, 5.74) is -1.05. The molecule has 1 N–H and O–H groups in total. The Morgan fingerprint density at radius 1 is 1.11 bits per heavy atom. The van der Waals surface area contributed by atoms with Gasteiger partial charge in [-0.1, -0.05) is 6.58 Å². The van der Waals surface area contributed by atoms with Crippen molar-refractivity contribution in [3.8, 4) is 0 Å². The third-order valence-corrected chi connectivity index (χ3v) is 1.77. The summed E-state index contributed by atoms with van der Waals surface area (Å²) >= 11 is 0. The van der Waals surface area contributed by atoms with E-state index in [1.54, 1.807) is 41.5 Å². The van der Waals surface area contributed by atoms with Crippen molar-refractivity contribution in [1.29, 1.82) is 0 Å². The molecule has 18 heavy (non-hydrogen) atoms. The number of ether oxygens (including phenoxy) is 2. The number of alkyl carbamates (subject to hydrolysis) is 1. The van der Waals surface area contributed by atoms with Crippen LogP contribution in [0.1, 0.15) is 41.5 Å². The van der Waals surface area contributed by atoms with Crippen LogP contribution in [0.25, 0.3) is 0 Å². The lowest BCUT2D eigenvalue weighted by Gasteiger charge is -2.26. The number of hydrogen-bond donors (Lipinski definition) is 1. The maximum absolute atomic E-state index is 11.4. The van der Waals surface area contributed by atoms with Crippen LogP contribution in [0.4, 0.5) is 4.79 Å². The lowest BCUT2D eigenvalue weighted by molar-refractivity contribution is -0.151. The first-order valence-corrected chi connectivity index (χ1v) is 5.79. The molecule has 0 aromatic carbocycles. The molecule has 5 heteroatoms. The van der Waals surface area contributed by atoms with E-state index in [1.807, 2.05) is 0 Å². The summed E-state index contributed by atoms with van der Waals surface area (Å²) in [5.74, 6) is -0.481. The highest BCUT2D eigenvalue weighted by atomic mass is 16.6. The highest BCUT2D eigenvalue weighted by Crippen LogP contribution is 2.11. The molecule has 0 aliphatic heterocycles. The average molecular weight is 257 g/mol. The Bertz CT molecular complexity index is 339. The molecule has 0 aliphatic carbocycles. The molecule has 104 valence electrons. The normalized spacial score (nSPS) is 11.7. The van der Waals surface area contributed by atoms with Crippen molar-refractivity contribution in [1.82, 2.24) is 5.32 Å². The van der Waals surface area contributed by atoms with Crippen molar-refractivity contribution in [2.75, 3.05) is 6.54 Å². The fourth-order valence-corrected chi connectivity index (χ4v) is 0.973. The van der Waals surface area contributed by atoms with E-state index in [0.29, 0.717) is 5.57 Å². The fourth-order valence-electron chi connectivity index (χ4n) is 0.973. The first-order valence-electron chi connectivity index (χ1n) is 5.79. The molecule has 0 spiro atoms. The van der Waals surface area contributed by atoms with E-state index in [2.05, 4.69) is 11.9 Å². The summed E-state index contributed by atoms with van der Waals surface area (Å²) in [6.45, 7) is 14.0. The average Bonchev–Trinajstić information content (AvgIpc) is 2.11. The van der Waals surface area contributed by atoms with Crippen molar-refractivity contribution < 1.29 is 19.1 Å². The Kier molecular flexibility index (Phi) is 5.39. The zero-order valence-electron chi connectivity index (χ0n) is 12.0. The molecule has 0 rings (SSSR count). The fraction of sp³-hybridized carbons (Fsp3) is 0.692. The highest BCUT2D eigenvalue weighted by molar-refractivity contribution is 5.87. The standard InChI is InChI=1S/C13H23NO4/c1-9(2)10(15)17-13(6,7)8-14-11(16)18-12(3,4)5/h1,8H2,2-7H3,(H,14,16). The Morgan fingerprint density at radius 2 is 1.61 bits per heavy atom. The predicted molar refractivity (Wildman–Crippen MR) is 69.2 cm³/mol. The number of carbonyl (C=O) groups excluding carboxylic acids is 2. The largest absolute Gasteiger partial charge is 0.454 e. The van der Waals surface area contributed by atoms with Crippen molar-refractivity contribution in [3.05, 3.63) is 12.2 Å². The van der Waals surface area contributed by atoms with E-state index in [-0.39, 0.29) is 6.54 Å². The molecule has 0 aromatic heterocycles. The predicted octanol–water partition coefficient (Wildman–Crippen LogP) is 2.41. The molecule has 0 aromatic rings. The second-order valence-electron chi connectivity index (χ2n) is 5.78. The molecule has 0 fully saturated rings. The first kappa shape index (κ1) is 16.5. The summed E-state index contributed by atoms with van der Waals surface area (Å²) in [6, 6.07) is 0. The third kappa shape index (κ3) is 7.70. The van der Waals surface area contributed by atoms with E-state index in [0.717, 1.165) is 0 Å². The van der Waals surface area contributed by atoms with Gasteiger partial charge in [0.05, 0.1) is 6.54 Å². The molecule has 1 amide bonds. The van der Waals surface area contributed by atoms with Crippen LogP contribution in [0.2, 0.25) is 0 Å². The number of carbonyl (C=O) groups is 2. The topological polar surface area (TPSA) is 64.6 Å². The number of nitrogens with one attached hydrogen (secondary N) is 1. The summed E-state index contributed by atoms with van der Waals surface area (Å²) in [4.78, 5) is 22.8. The van der Waals surface area contributed by atoms with Crippen LogP contribution in [0.3, 0.4) is 0 Å². The van der Waals surface area contributed by atoms with Gasteiger partial charge in [0.2, 0.25) is 0 Å². The molecule has 0 heterocycles. The van der Waals surface area contributed by atoms with E-state index in [1.165, 1.54) is 0 Å². The van der Waals surface area contributed by atoms with Gasteiger partial charge in [0, 0.05) is 5.57 Å². The van der Waals surface area contributed by atoms with Crippen LogP contribution in [0.15, 0.2) is 12.2 Å². The maximum Gasteiger partial charge on any atom is 0.407 e. The van der Waals surface area contributed by atoms with Gasteiger partial charge in [0.1, 0.15) is 11.2 Å². The van der Waals surface area contributed by atoms with Gasteiger partial charge < -0.3 is 14.8 Å². The smallest absolute Gasteiger partial charge is 0.407 e. The molecule has 0 saturated heterocycles. The number of rotatable bonds is 4. The quantitative estimate of drug-likeness (QED) is 0.620. The van der Waals surface area contributed by atoms with Gasteiger partial charge in [-0.25, -0.2) is 9.59 Å². The van der Waals surface area contributed by atoms with Crippen molar-refractivity contribution in [2.45, 2.75) is 52.7 Å². The molecular weight excluding hydrogens is 234 g/mol. The van der Waals surface area contributed by atoms with Gasteiger partial charge in [-0.05, 0) is 41.5 Å². The highest BCUT2D eigenvalue weighted by Gasteiger charge is 2.25. The van der Waals surface area contributed by atoms with Gasteiger partial charge in [0.25, 0.3) is 0 Å². The Labute approximate surface area is 109 Å². The molecule has 0 atom stereocenters. The zero-order chi connectivity index (χ0) is 14.6. The van der Waals surface area contributed by atoms with Crippen molar-refractivity contribution in [3.63, 3.8) is 0 Å². The molecule has 0 aliphatic rings. The van der Waals surface area contributed by atoms with Gasteiger partial charge in [0.15, 0.2) is 0 Å². The second kappa shape index (κ2) is 5.89. The summed E-state index contributed by atoms with van der Waals surface area (Å²) in [5, 5.41) is 2.56. The van der Waals surface area contributed by atoms with E-state index >= 15 is 0 Å². The molecule has 5 nitrogen and oxygen atoms in total. The van der Waals surface area contributed by atoms with E-state index < -0.39 is 23.3 Å². The SMILES string of the molecule is C=C(C)C(=O)OC(C)(C)CNC(=O)OC(C)(C)C. The Morgan fingerprint density at radius 3 is 2.00 bits per heavy atom. The summed E-state index contributed by atoms with van der Waals surface area (Å²) in [6.07, 6.45) is -0.540. The van der Waals surface area contributed by atoms with Crippen LogP contribution in [-0.4, -0.2) is 29.8 Å². The lowest BCUT2D eigenvalue weighted by atomic mass is 10.1. The van der Waals surface area contributed by atoms with Crippen LogP contribution in [0.5, 0.6) is 0 Å². The van der Waals surface area contributed by atoms with Crippen LogP contribution in [-0.2, 0) is 14.3 Å². The van der Waals surface area contributed by atoms with Crippen LogP contribution in [0, 0.1) is 0 Å². The molecule has 0 radical (unpaired) electrons. The second-order valence-corrected chi connectivity index (χ2v) is 5.78. The van der Waals surface area contributed by atoms with Crippen molar-refractivity contribution in [2.24, 2.45) is 0 Å². The number of esters is 1. The lowest BCUT2D eigenvalue weighted by Crippen LogP contribution is -2.43. The van der Waals surface area contributed by atoms with Crippen LogP contribution >= 0.6 is 0 Å². The van der Waals surface area contributed by atoms with Crippen LogP contribution < -0.4 is 5.32 Å². The zero-order valence-corrected chi connectivity index (χ0v) is 12.0. The Hall–Kier alpha value is -1.52. The summed E-state index contributed by atoms with van der Waals surface area (Å²) < 4.78 is 10.2. The van der Waals surface area contributed by atoms with Gasteiger partial charge in [-0.2, -0.15) is 0 Å². The molecule has 0 bridgehead atoms. The maximum atomic E-state index is 11.4. The molecular formula is C13H23NO4. The number of amides is 1. The van der Waals surface area contributed by atoms with Gasteiger partial charge >= 0.3 is 12.1 Å². The van der Waals surface area contributed by atoms with E-state index in [4.69, 9.17) is 9.47 Å². The first-order chi connectivity index (χ1) is 7.93. The monoisotopic (exact) mass is 257 g/mol. The minimum absolute atomic E-state index is 0.168. The van der Waals surface area contributed by atoms with E-state index in [9.17, 15) is 9.59 Å². The summed E-state index contributed by atoms with van der Waals surface area (Å²) in [7, 11) is 0. The van der Waals surface area contributed by atoms with Gasteiger partial charge in [-0.15, -0.1) is 0 Å². The van der Waals surface area contributed by atoms with Gasteiger partial charge in [-0.3, -0.25) is 0 Å². The molecule has 0 unspecified atom stereocenters. The van der Waals surface area contributed by atoms with Crippen molar-refractivity contribution >= 4 is 12.1 Å². The Balaban J connectivity index is 4.23. The minimum Gasteiger partial charge on any atom is -0.454 e. The third-order valence-electron chi connectivity index (χ3n) is 1.77. The minimum atomic E-state index is -0.813. The number of hydrogen-bond acceptors (Lipinski definition) is 4. The molecule has 0 saturated carbocycles.